The van der Waals surface area contributed by atoms with Gasteiger partial charge in [0.2, 0.25) is 5.91 Å². The Morgan fingerprint density at radius 3 is 2.12 bits per heavy atom. The average molecular weight is 238 g/mol. The van der Waals surface area contributed by atoms with Crippen LogP contribution in [0.4, 0.5) is 0 Å². The molecule has 0 aliphatic heterocycles. The Morgan fingerprint density at radius 2 is 1.76 bits per heavy atom. The maximum atomic E-state index is 11.9. The maximum Gasteiger partial charge on any atom is 0.223 e. The second-order valence-electron chi connectivity index (χ2n) is 4.53. The lowest BCUT2D eigenvalue weighted by Crippen LogP contribution is -2.50. The number of hydrogen-bond donors (Lipinski definition) is 2. The molecular weight excluding hydrogens is 212 g/mol. The molecule has 0 radical (unpaired) electrons. The highest BCUT2D eigenvalue weighted by atomic mass is 16.1. The van der Waals surface area contributed by atoms with Crippen LogP contribution in [0.2, 0.25) is 0 Å². The van der Waals surface area contributed by atoms with E-state index in [0.29, 0.717) is 19.4 Å². The first-order valence-electron chi connectivity index (χ1n) is 6.31. The van der Waals surface area contributed by atoms with Gasteiger partial charge in [0.1, 0.15) is 0 Å². The smallest absolute Gasteiger partial charge is 0.223 e. The normalized spacial score (nSPS) is 11.3. The van der Waals surface area contributed by atoms with Crippen LogP contribution in [-0.4, -0.2) is 18.0 Å². The van der Waals surface area contributed by atoms with Crippen LogP contribution in [0, 0.1) is 5.92 Å². The Hall–Kier alpha value is -1.09. The zero-order chi connectivity index (χ0) is 13.3. The Balaban J connectivity index is 4.30. The van der Waals surface area contributed by atoms with E-state index in [1.807, 2.05) is 13.8 Å². The molecule has 17 heavy (non-hydrogen) atoms. The molecule has 0 aliphatic carbocycles. The monoisotopic (exact) mass is 238 g/mol. The van der Waals surface area contributed by atoms with Gasteiger partial charge in [-0.3, -0.25) is 4.79 Å². The minimum absolute atomic E-state index is 0.0431. The third kappa shape index (κ3) is 5.68. The molecule has 0 unspecified atom stereocenters. The summed E-state index contributed by atoms with van der Waals surface area (Å²) in [4.78, 5) is 11.9. The van der Waals surface area contributed by atoms with Crippen molar-refractivity contribution < 1.29 is 4.79 Å². The van der Waals surface area contributed by atoms with Crippen LogP contribution in [0.3, 0.4) is 0 Å². The summed E-state index contributed by atoms with van der Waals surface area (Å²) in [6.07, 6.45) is 6.60. The fraction of sp³-hybridized carbons (Fsp3) is 0.643. The minimum Gasteiger partial charge on any atom is -0.354 e. The second kappa shape index (κ2) is 8.07. The first kappa shape index (κ1) is 15.9. The van der Waals surface area contributed by atoms with Crippen LogP contribution in [0.1, 0.15) is 39.5 Å². The van der Waals surface area contributed by atoms with Crippen LogP contribution in [0.25, 0.3) is 0 Å². The Bertz CT molecular complexity index is 247. The number of nitrogens with one attached hydrogen (secondary N) is 1. The largest absolute Gasteiger partial charge is 0.354 e. The van der Waals surface area contributed by atoms with Gasteiger partial charge in [0.25, 0.3) is 0 Å². The van der Waals surface area contributed by atoms with Crippen molar-refractivity contribution in [2.24, 2.45) is 11.7 Å². The van der Waals surface area contributed by atoms with Crippen molar-refractivity contribution >= 4 is 5.91 Å². The molecule has 0 saturated heterocycles. The summed E-state index contributed by atoms with van der Waals surface area (Å²) in [6.45, 7) is 12.0. The van der Waals surface area contributed by atoms with Crippen LogP contribution in [0.15, 0.2) is 25.3 Å². The average Bonchev–Trinajstić information content (AvgIpc) is 2.35. The van der Waals surface area contributed by atoms with Crippen molar-refractivity contribution in [2.75, 3.05) is 6.54 Å². The van der Waals surface area contributed by atoms with Gasteiger partial charge in [-0.2, -0.15) is 0 Å². The number of hydrogen-bond acceptors (Lipinski definition) is 2. The molecule has 0 heterocycles. The SMILES string of the molecule is C=CCC(CC=C)C(=O)NCC(N)(CC)CC. The molecule has 0 aliphatic rings. The van der Waals surface area contributed by atoms with E-state index in [1.165, 1.54) is 0 Å². The van der Waals surface area contributed by atoms with Crippen molar-refractivity contribution in [3.8, 4) is 0 Å². The van der Waals surface area contributed by atoms with E-state index < -0.39 is 0 Å². The highest BCUT2D eigenvalue weighted by Gasteiger charge is 2.23. The summed E-state index contributed by atoms with van der Waals surface area (Å²) in [7, 11) is 0. The van der Waals surface area contributed by atoms with Gasteiger partial charge in [-0.05, 0) is 25.7 Å². The minimum atomic E-state index is -0.289. The van der Waals surface area contributed by atoms with Gasteiger partial charge in [0.05, 0.1) is 0 Å². The lowest BCUT2D eigenvalue weighted by molar-refractivity contribution is -0.125. The molecule has 0 aromatic heterocycles. The summed E-state index contributed by atoms with van der Waals surface area (Å²) in [5, 5.41) is 2.94. The third-order valence-corrected chi connectivity index (χ3v) is 3.30. The number of rotatable bonds is 9. The molecule has 0 rings (SSSR count). The topological polar surface area (TPSA) is 55.1 Å². The van der Waals surface area contributed by atoms with E-state index in [-0.39, 0.29) is 17.4 Å². The highest BCUT2D eigenvalue weighted by Crippen LogP contribution is 2.13. The van der Waals surface area contributed by atoms with Gasteiger partial charge in [-0.25, -0.2) is 0 Å². The zero-order valence-electron chi connectivity index (χ0n) is 11.2. The van der Waals surface area contributed by atoms with E-state index in [9.17, 15) is 4.79 Å². The van der Waals surface area contributed by atoms with E-state index in [0.717, 1.165) is 12.8 Å². The fourth-order valence-electron chi connectivity index (χ4n) is 1.62. The van der Waals surface area contributed by atoms with Crippen LogP contribution >= 0.6 is 0 Å². The van der Waals surface area contributed by atoms with Crippen molar-refractivity contribution in [3.63, 3.8) is 0 Å². The molecule has 0 atom stereocenters. The lowest BCUT2D eigenvalue weighted by atomic mass is 9.93. The maximum absolute atomic E-state index is 11.9. The second-order valence-corrected chi connectivity index (χ2v) is 4.53. The van der Waals surface area contributed by atoms with Gasteiger partial charge in [-0.15, -0.1) is 13.2 Å². The first-order chi connectivity index (χ1) is 8.02. The van der Waals surface area contributed by atoms with Gasteiger partial charge in [0, 0.05) is 18.0 Å². The molecule has 0 aromatic rings. The van der Waals surface area contributed by atoms with Gasteiger partial charge in [0.15, 0.2) is 0 Å². The van der Waals surface area contributed by atoms with Crippen molar-refractivity contribution in [2.45, 2.75) is 45.1 Å². The van der Waals surface area contributed by atoms with Gasteiger partial charge >= 0.3 is 0 Å². The Kier molecular flexibility index (Phi) is 7.55. The van der Waals surface area contributed by atoms with Gasteiger partial charge < -0.3 is 11.1 Å². The Morgan fingerprint density at radius 1 is 1.29 bits per heavy atom. The first-order valence-corrected chi connectivity index (χ1v) is 6.31. The summed E-state index contributed by atoms with van der Waals surface area (Å²) in [5.41, 5.74) is 5.85. The fourth-order valence-corrected chi connectivity index (χ4v) is 1.62. The molecule has 0 fully saturated rings. The van der Waals surface area contributed by atoms with Gasteiger partial charge in [-0.1, -0.05) is 26.0 Å². The molecule has 0 bridgehead atoms. The zero-order valence-corrected chi connectivity index (χ0v) is 11.2. The van der Waals surface area contributed by atoms with Crippen molar-refractivity contribution in [1.82, 2.24) is 5.32 Å². The summed E-state index contributed by atoms with van der Waals surface area (Å²) in [6, 6.07) is 0. The summed E-state index contributed by atoms with van der Waals surface area (Å²) >= 11 is 0. The predicted molar refractivity (Wildman–Crippen MR) is 73.6 cm³/mol. The van der Waals surface area contributed by atoms with E-state index in [1.54, 1.807) is 12.2 Å². The molecular formula is C14H26N2O. The van der Waals surface area contributed by atoms with E-state index in [4.69, 9.17) is 5.73 Å². The number of carbonyl (C=O) groups excluding carboxylic acids is 1. The number of nitrogens with two attached hydrogens (primary N) is 1. The highest BCUT2D eigenvalue weighted by molar-refractivity contribution is 5.79. The molecule has 0 saturated carbocycles. The number of amides is 1. The van der Waals surface area contributed by atoms with E-state index >= 15 is 0 Å². The summed E-state index contributed by atoms with van der Waals surface area (Å²) in [5.74, 6) is -0.0236. The predicted octanol–water partition coefficient (Wildman–Crippen LogP) is 2.39. The number of carbonyl (C=O) groups is 1. The lowest BCUT2D eigenvalue weighted by Gasteiger charge is -2.27. The third-order valence-electron chi connectivity index (χ3n) is 3.30. The molecule has 0 aromatic carbocycles. The van der Waals surface area contributed by atoms with Crippen molar-refractivity contribution in [1.29, 1.82) is 0 Å². The number of allylic oxidation sites excluding steroid dienone is 2. The molecule has 98 valence electrons. The standard InChI is InChI=1S/C14H26N2O/c1-5-9-12(10-6-2)13(17)16-11-14(15,7-3)8-4/h5-6,12H,1-2,7-11,15H2,3-4H3,(H,16,17). The van der Waals surface area contributed by atoms with Crippen LogP contribution < -0.4 is 11.1 Å². The molecule has 0 spiro atoms. The van der Waals surface area contributed by atoms with Crippen molar-refractivity contribution in [3.05, 3.63) is 25.3 Å². The van der Waals surface area contributed by atoms with E-state index in [2.05, 4.69) is 18.5 Å². The molecule has 3 heteroatoms. The molecule has 3 nitrogen and oxygen atoms in total. The molecule has 3 N–H and O–H groups in total. The summed E-state index contributed by atoms with van der Waals surface area (Å²) < 4.78 is 0. The molecule has 1 amide bonds. The van der Waals surface area contributed by atoms with Crippen LogP contribution in [0.5, 0.6) is 0 Å². The van der Waals surface area contributed by atoms with Crippen LogP contribution in [-0.2, 0) is 4.79 Å². The quantitative estimate of drug-likeness (QED) is 0.606. The Labute approximate surface area is 105 Å².